The van der Waals surface area contributed by atoms with Crippen LogP contribution in [0.3, 0.4) is 0 Å². The molecule has 128 valence electrons. The molecule has 2 rings (SSSR count). The largest absolute Gasteiger partial charge is 0.497 e. The van der Waals surface area contributed by atoms with Gasteiger partial charge in [-0.3, -0.25) is 4.79 Å². The molecular formula is C20H24O4. The minimum atomic E-state index is -0.362. The van der Waals surface area contributed by atoms with E-state index < -0.39 is 0 Å². The van der Waals surface area contributed by atoms with Gasteiger partial charge in [-0.25, -0.2) is 0 Å². The fourth-order valence-corrected chi connectivity index (χ4v) is 2.99. The second-order valence-electron chi connectivity index (χ2n) is 5.56. The molecule has 0 saturated carbocycles. The summed E-state index contributed by atoms with van der Waals surface area (Å²) in [6, 6.07) is 15.4. The van der Waals surface area contributed by atoms with Gasteiger partial charge in [-0.2, -0.15) is 0 Å². The van der Waals surface area contributed by atoms with Crippen LogP contribution in [0, 0.1) is 0 Å². The van der Waals surface area contributed by atoms with Crippen LogP contribution < -0.4 is 9.47 Å². The molecule has 0 N–H and O–H groups in total. The van der Waals surface area contributed by atoms with Crippen molar-refractivity contribution in [2.24, 2.45) is 0 Å². The highest BCUT2D eigenvalue weighted by molar-refractivity contribution is 5.79. The van der Waals surface area contributed by atoms with Crippen LogP contribution in [-0.4, -0.2) is 27.3 Å². The van der Waals surface area contributed by atoms with Gasteiger partial charge in [0.05, 0.1) is 27.2 Å². The monoisotopic (exact) mass is 328 g/mol. The predicted octanol–water partition coefficient (Wildman–Crippen LogP) is 4.15. The molecule has 2 aromatic rings. The SMILES string of the molecule is CC[C@H](c1ccc(OC)cc1)[C@H](C(=O)OC)c1ccc(OC)cc1. The molecular weight excluding hydrogens is 304 g/mol. The van der Waals surface area contributed by atoms with Gasteiger partial charge in [-0.1, -0.05) is 31.2 Å². The Kier molecular flexibility index (Phi) is 6.24. The molecule has 0 fully saturated rings. The lowest BCUT2D eigenvalue weighted by atomic mass is 9.80. The van der Waals surface area contributed by atoms with Crippen LogP contribution >= 0.6 is 0 Å². The number of carbonyl (C=O) groups is 1. The maximum absolute atomic E-state index is 12.5. The summed E-state index contributed by atoms with van der Waals surface area (Å²) < 4.78 is 15.5. The quantitative estimate of drug-likeness (QED) is 0.716. The maximum Gasteiger partial charge on any atom is 0.313 e. The smallest absolute Gasteiger partial charge is 0.313 e. The zero-order valence-electron chi connectivity index (χ0n) is 14.6. The number of methoxy groups -OCH3 is 3. The summed E-state index contributed by atoms with van der Waals surface area (Å²) in [7, 11) is 4.69. The van der Waals surface area contributed by atoms with Gasteiger partial charge < -0.3 is 14.2 Å². The van der Waals surface area contributed by atoms with Gasteiger partial charge in [0, 0.05) is 5.92 Å². The first-order valence-electron chi connectivity index (χ1n) is 8.00. The summed E-state index contributed by atoms with van der Waals surface area (Å²) in [6.45, 7) is 2.08. The van der Waals surface area contributed by atoms with Crippen molar-refractivity contribution in [2.45, 2.75) is 25.2 Å². The van der Waals surface area contributed by atoms with E-state index in [1.807, 2.05) is 48.5 Å². The van der Waals surface area contributed by atoms with E-state index in [0.717, 1.165) is 29.0 Å². The molecule has 0 spiro atoms. The van der Waals surface area contributed by atoms with Gasteiger partial charge in [0.25, 0.3) is 0 Å². The van der Waals surface area contributed by atoms with E-state index in [0.29, 0.717) is 0 Å². The molecule has 0 amide bonds. The highest BCUT2D eigenvalue weighted by Crippen LogP contribution is 2.37. The lowest BCUT2D eigenvalue weighted by molar-refractivity contribution is -0.143. The molecule has 2 aromatic carbocycles. The number of benzene rings is 2. The topological polar surface area (TPSA) is 44.8 Å². The Morgan fingerprint density at radius 3 is 1.67 bits per heavy atom. The zero-order valence-corrected chi connectivity index (χ0v) is 14.6. The van der Waals surface area contributed by atoms with Crippen molar-refractivity contribution >= 4 is 5.97 Å². The summed E-state index contributed by atoms with van der Waals surface area (Å²) in [6.07, 6.45) is 0.818. The van der Waals surface area contributed by atoms with E-state index in [-0.39, 0.29) is 17.8 Å². The minimum Gasteiger partial charge on any atom is -0.497 e. The average molecular weight is 328 g/mol. The van der Waals surface area contributed by atoms with Crippen molar-refractivity contribution in [2.75, 3.05) is 21.3 Å². The first-order valence-corrected chi connectivity index (χ1v) is 8.00. The summed E-state index contributed by atoms with van der Waals surface area (Å²) >= 11 is 0. The summed E-state index contributed by atoms with van der Waals surface area (Å²) in [5, 5.41) is 0. The van der Waals surface area contributed by atoms with Crippen LogP contribution in [0.2, 0.25) is 0 Å². The third-order valence-electron chi connectivity index (χ3n) is 4.32. The molecule has 4 nitrogen and oxygen atoms in total. The van der Waals surface area contributed by atoms with Crippen molar-refractivity contribution < 1.29 is 19.0 Å². The van der Waals surface area contributed by atoms with Gasteiger partial charge >= 0.3 is 5.97 Å². The Morgan fingerprint density at radius 2 is 1.29 bits per heavy atom. The molecule has 0 aromatic heterocycles. The van der Waals surface area contributed by atoms with Crippen LogP contribution in [0.15, 0.2) is 48.5 Å². The maximum atomic E-state index is 12.5. The van der Waals surface area contributed by atoms with Crippen LogP contribution in [-0.2, 0) is 9.53 Å². The van der Waals surface area contributed by atoms with Gasteiger partial charge in [0.1, 0.15) is 11.5 Å². The molecule has 0 aliphatic carbocycles. The van der Waals surface area contributed by atoms with E-state index in [1.165, 1.54) is 7.11 Å². The number of rotatable bonds is 7. The molecule has 4 heteroatoms. The summed E-state index contributed by atoms with van der Waals surface area (Å²) in [5.74, 6) is 0.992. The molecule has 0 saturated heterocycles. The Balaban J connectivity index is 2.40. The Bertz CT molecular complexity index is 646. The normalized spacial score (nSPS) is 13.0. The third kappa shape index (κ3) is 3.88. The van der Waals surface area contributed by atoms with Crippen molar-refractivity contribution in [1.82, 2.24) is 0 Å². The second kappa shape index (κ2) is 8.39. The second-order valence-corrected chi connectivity index (χ2v) is 5.56. The standard InChI is InChI=1S/C20H24O4/c1-5-18(14-6-10-16(22-2)11-7-14)19(20(21)24-4)15-8-12-17(23-3)13-9-15/h6-13,18-19H,5H2,1-4H3/t18-,19-/m1/s1. The van der Waals surface area contributed by atoms with Crippen molar-refractivity contribution in [3.63, 3.8) is 0 Å². The molecule has 0 radical (unpaired) electrons. The predicted molar refractivity (Wildman–Crippen MR) is 93.8 cm³/mol. The van der Waals surface area contributed by atoms with Crippen LogP contribution in [0.4, 0.5) is 0 Å². The highest BCUT2D eigenvalue weighted by Gasteiger charge is 2.31. The number of hydrogen-bond acceptors (Lipinski definition) is 4. The van der Waals surface area contributed by atoms with E-state index in [2.05, 4.69) is 6.92 Å². The van der Waals surface area contributed by atoms with Crippen molar-refractivity contribution in [3.8, 4) is 11.5 Å². The average Bonchev–Trinajstić information content (AvgIpc) is 2.65. The van der Waals surface area contributed by atoms with Crippen LogP contribution in [0.1, 0.15) is 36.3 Å². The van der Waals surface area contributed by atoms with Gasteiger partial charge in [-0.15, -0.1) is 0 Å². The first-order chi connectivity index (χ1) is 11.6. The fraction of sp³-hybridized carbons (Fsp3) is 0.350. The number of hydrogen-bond donors (Lipinski definition) is 0. The Morgan fingerprint density at radius 1 is 0.833 bits per heavy atom. The number of ether oxygens (including phenoxy) is 3. The lowest BCUT2D eigenvalue weighted by Crippen LogP contribution is -2.21. The van der Waals surface area contributed by atoms with E-state index >= 15 is 0 Å². The van der Waals surface area contributed by atoms with E-state index in [9.17, 15) is 4.79 Å². The summed E-state index contributed by atoms with van der Waals surface area (Å²) in [5.41, 5.74) is 2.01. The van der Waals surface area contributed by atoms with Gasteiger partial charge in [0.2, 0.25) is 0 Å². The summed E-state index contributed by atoms with van der Waals surface area (Å²) in [4.78, 5) is 12.5. The molecule has 0 aliphatic rings. The third-order valence-corrected chi connectivity index (χ3v) is 4.32. The Hall–Kier alpha value is -2.49. The first kappa shape index (κ1) is 17.9. The van der Waals surface area contributed by atoms with Crippen molar-refractivity contribution in [3.05, 3.63) is 59.7 Å². The zero-order chi connectivity index (χ0) is 17.5. The van der Waals surface area contributed by atoms with E-state index in [1.54, 1.807) is 14.2 Å². The fourth-order valence-electron chi connectivity index (χ4n) is 2.99. The van der Waals surface area contributed by atoms with Crippen LogP contribution in [0.5, 0.6) is 11.5 Å². The lowest BCUT2D eigenvalue weighted by Gasteiger charge is -2.25. The number of esters is 1. The van der Waals surface area contributed by atoms with Crippen molar-refractivity contribution in [1.29, 1.82) is 0 Å². The Labute approximate surface area is 143 Å². The van der Waals surface area contributed by atoms with Gasteiger partial charge in [-0.05, 0) is 41.8 Å². The van der Waals surface area contributed by atoms with E-state index in [4.69, 9.17) is 14.2 Å². The van der Waals surface area contributed by atoms with Gasteiger partial charge in [0.15, 0.2) is 0 Å². The molecule has 2 atom stereocenters. The molecule has 0 unspecified atom stereocenters. The molecule has 0 heterocycles. The van der Waals surface area contributed by atoms with Crippen LogP contribution in [0.25, 0.3) is 0 Å². The minimum absolute atomic E-state index is 0.0248. The molecule has 24 heavy (non-hydrogen) atoms. The number of carbonyl (C=O) groups excluding carboxylic acids is 1. The molecule has 0 bridgehead atoms. The highest BCUT2D eigenvalue weighted by atomic mass is 16.5. The molecule has 0 aliphatic heterocycles.